The minimum atomic E-state index is 0.502. The Bertz CT molecular complexity index is 291. The van der Waals surface area contributed by atoms with Crippen molar-refractivity contribution >= 4 is 0 Å². The van der Waals surface area contributed by atoms with Crippen molar-refractivity contribution in [3.05, 3.63) is 0 Å². The molecule has 2 aliphatic carbocycles. The van der Waals surface area contributed by atoms with Crippen molar-refractivity contribution in [2.45, 2.75) is 98.1 Å². The topological polar surface area (TPSA) is 12.0 Å². The maximum absolute atomic E-state index is 4.05. The van der Waals surface area contributed by atoms with E-state index in [1.54, 1.807) is 0 Å². The van der Waals surface area contributed by atoms with Crippen LogP contribution in [0, 0.1) is 23.2 Å². The molecule has 2 saturated carbocycles. The molecule has 20 heavy (non-hydrogen) atoms. The second-order valence-corrected chi connectivity index (χ2v) is 8.81. The third-order valence-corrected chi connectivity index (χ3v) is 6.35. The van der Waals surface area contributed by atoms with E-state index < -0.39 is 0 Å². The van der Waals surface area contributed by atoms with Gasteiger partial charge in [0.1, 0.15) is 0 Å². The van der Waals surface area contributed by atoms with Crippen LogP contribution in [0.2, 0.25) is 0 Å². The van der Waals surface area contributed by atoms with Gasteiger partial charge in [0.2, 0.25) is 0 Å². The first-order valence-electron chi connectivity index (χ1n) is 9.14. The lowest BCUT2D eigenvalue weighted by Crippen LogP contribution is -2.45. The molecule has 0 radical (unpaired) electrons. The van der Waals surface area contributed by atoms with Crippen molar-refractivity contribution in [3.63, 3.8) is 0 Å². The molecule has 2 aliphatic rings. The summed E-state index contributed by atoms with van der Waals surface area (Å²) >= 11 is 0. The zero-order valence-electron chi connectivity index (χ0n) is 14.5. The van der Waals surface area contributed by atoms with Gasteiger partial charge in [-0.05, 0) is 55.3 Å². The van der Waals surface area contributed by atoms with E-state index in [2.05, 4.69) is 39.9 Å². The summed E-state index contributed by atoms with van der Waals surface area (Å²) in [5.74, 6) is 2.71. The quantitative estimate of drug-likeness (QED) is 0.668. The highest BCUT2D eigenvalue weighted by Crippen LogP contribution is 2.37. The Hall–Kier alpha value is -0.0400. The van der Waals surface area contributed by atoms with Gasteiger partial charge in [-0.15, -0.1) is 0 Å². The molecule has 5 atom stereocenters. The summed E-state index contributed by atoms with van der Waals surface area (Å²) in [5, 5.41) is 4.05. The second kappa shape index (κ2) is 6.81. The molecule has 0 bridgehead atoms. The van der Waals surface area contributed by atoms with Crippen LogP contribution in [-0.4, -0.2) is 12.1 Å². The van der Waals surface area contributed by atoms with Gasteiger partial charge in [0.05, 0.1) is 0 Å². The number of hydrogen-bond acceptors (Lipinski definition) is 1. The Morgan fingerprint density at radius 1 is 0.800 bits per heavy atom. The predicted octanol–water partition coefficient (Wildman–Crippen LogP) is 5.40. The third-order valence-electron chi connectivity index (χ3n) is 6.35. The molecular formula is C19H37N. The van der Waals surface area contributed by atoms with Gasteiger partial charge < -0.3 is 5.32 Å². The monoisotopic (exact) mass is 279 g/mol. The molecule has 2 fully saturated rings. The van der Waals surface area contributed by atoms with Gasteiger partial charge in [-0.3, -0.25) is 0 Å². The van der Waals surface area contributed by atoms with Crippen LogP contribution in [0.15, 0.2) is 0 Å². The van der Waals surface area contributed by atoms with Crippen molar-refractivity contribution in [2.75, 3.05) is 0 Å². The molecule has 0 aromatic heterocycles. The molecule has 0 aliphatic heterocycles. The van der Waals surface area contributed by atoms with Crippen LogP contribution in [0.1, 0.15) is 86.0 Å². The van der Waals surface area contributed by atoms with Crippen LogP contribution < -0.4 is 5.32 Å². The van der Waals surface area contributed by atoms with Crippen molar-refractivity contribution < 1.29 is 0 Å². The highest BCUT2D eigenvalue weighted by molar-refractivity contribution is 4.87. The van der Waals surface area contributed by atoms with Gasteiger partial charge in [0.25, 0.3) is 0 Å². The average molecular weight is 280 g/mol. The summed E-state index contributed by atoms with van der Waals surface area (Å²) in [6, 6.07) is 1.58. The second-order valence-electron chi connectivity index (χ2n) is 8.81. The van der Waals surface area contributed by atoms with Crippen LogP contribution in [0.25, 0.3) is 0 Å². The van der Waals surface area contributed by atoms with Crippen molar-refractivity contribution in [2.24, 2.45) is 23.2 Å². The van der Waals surface area contributed by atoms with Gasteiger partial charge in [0, 0.05) is 12.1 Å². The van der Waals surface area contributed by atoms with Gasteiger partial charge in [-0.25, -0.2) is 0 Å². The van der Waals surface area contributed by atoms with Gasteiger partial charge in [0.15, 0.2) is 0 Å². The van der Waals surface area contributed by atoms with Gasteiger partial charge in [-0.1, -0.05) is 53.9 Å². The minimum Gasteiger partial charge on any atom is -0.311 e. The van der Waals surface area contributed by atoms with E-state index in [1.165, 1.54) is 51.4 Å². The fourth-order valence-electron chi connectivity index (χ4n) is 4.45. The molecule has 0 heterocycles. The summed E-state index contributed by atoms with van der Waals surface area (Å²) in [6.07, 6.45) is 11.4. The van der Waals surface area contributed by atoms with E-state index in [4.69, 9.17) is 0 Å². The van der Waals surface area contributed by atoms with Crippen LogP contribution >= 0.6 is 0 Å². The molecular weight excluding hydrogens is 242 g/mol. The highest BCUT2D eigenvalue weighted by Gasteiger charge is 2.31. The first kappa shape index (κ1) is 16.3. The van der Waals surface area contributed by atoms with Crippen molar-refractivity contribution in [1.29, 1.82) is 0 Å². The van der Waals surface area contributed by atoms with Gasteiger partial charge in [-0.2, -0.15) is 0 Å². The minimum absolute atomic E-state index is 0.502. The zero-order chi connectivity index (χ0) is 14.8. The Kier molecular flexibility index (Phi) is 5.56. The lowest BCUT2D eigenvalue weighted by atomic mass is 9.76. The van der Waals surface area contributed by atoms with E-state index in [1.807, 2.05) is 0 Å². The standard InChI is InChI=1S/C19H37N/c1-14-8-6-11-18(15(14)2)20-17-10-7-9-16(12-13-17)19(3,4)5/h14-18,20H,6-13H2,1-5H3. The Balaban J connectivity index is 1.85. The zero-order valence-corrected chi connectivity index (χ0v) is 14.5. The van der Waals surface area contributed by atoms with Crippen molar-refractivity contribution in [3.8, 4) is 0 Å². The van der Waals surface area contributed by atoms with Crippen molar-refractivity contribution in [1.82, 2.24) is 5.32 Å². The highest BCUT2D eigenvalue weighted by atomic mass is 15.0. The lowest BCUT2D eigenvalue weighted by Gasteiger charge is -2.37. The SMILES string of the molecule is CC1CCCC(NC2CCCC(C(C)(C)C)CC2)C1C. The molecule has 1 nitrogen and oxygen atoms in total. The van der Waals surface area contributed by atoms with E-state index >= 15 is 0 Å². The lowest BCUT2D eigenvalue weighted by molar-refractivity contribution is 0.185. The molecule has 0 saturated heterocycles. The molecule has 0 aromatic rings. The number of rotatable bonds is 2. The van der Waals surface area contributed by atoms with E-state index in [9.17, 15) is 0 Å². The van der Waals surface area contributed by atoms with E-state index in [-0.39, 0.29) is 0 Å². The molecule has 118 valence electrons. The summed E-state index contributed by atoms with van der Waals surface area (Å²) in [5.41, 5.74) is 0.502. The molecule has 2 rings (SSSR count). The molecule has 0 spiro atoms. The molecule has 1 heteroatoms. The molecule has 0 amide bonds. The first-order chi connectivity index (χ1) is 9.38. The first-order valence-corrected chi connectivity index (χ1v) is 9.14. The fourth-order valence-corrected chi connectivity index (χ4v) is 4.45. The predicted molar refractivity (Wildman–Crippen MR) is 88.9 cm³/mol. The average Bonchev–Trinajstić information content (AvgIpc) is 2.60. The maximum Gasteiger partial charge on any atom is 0.00978 e. The van der Waals surface area contributed by atoms with Crippen LogP contribution in [0.3, 0.4) is 0 Å². The largest absolute Gasteiger partial charge is 0.311 e. The fraction of sp³-hybridized carbons (Fsp3) is 1.00. The Morgan fingerprint density at radius 3 is 2.20 bits per heavy atom. The summed E-state index contributed by atoms with van der Waals surface area (Å²) < 4.78 is 0. The summed E-state index contributed by atoms with van der Waals surface area (Å²) in [7, 11) is 0. The molecule has 1 N–H and O–H groups in total. The number of hydrogen-bond donors (Lipinski definition) is 1. The smallest absolute Gasteiger partial charge is 0.00978 e. The van der Waals surface area contributed by atoms with Crippen LogP contribution in [0.4, 0.5) is 0 Å². The normalized spacial score (nSPS) is 40.4. The van der Waals surface area contributed by atoms with Crippen LogP contribution in [0.5, 0.6) is 0 Å². The Morgan fingerprint density at radius 2 is 1.50 bits per heavy atom. The van der Waals surface area contributed by atoms with E-state index in [0.717, 1.165) is 29.8 Å². The van der Waals surface area contributed by atoms with Crippen LogP contribution in [-0.2, 0) is 0 Å². The maximum atomic E-state index is 4.05. The third kappa shape index (κ3) is 4.23. The molecule has 5 unspecified atom stereocenters. The Labute approximate surface area is 127 Å². The number of nitrogens with one attached hydrogen (secondary N) is 1. The molecule has 0 aromatic carbocycles. The van der Waals surface area contributed by atoms with E-state index in [0.29, 0.717) is 5.41 Å². The van der Waals surface area contributed by atoms with Gasteiger partial charge >= 0.3 is 0 Å². The summed E-state index contributed by atoms with van der Waals surface area (Å²) in [4.78, 5) is 0. The summed E-state index contributed by atoms with van der Waals surface area (Å²) in [6.45, 7) is 12.2.